The van der Waals surface area contributed by atoms with Crippen LogP contribution in [-0.2, 0) is 5.54 Å². The second-order valence-electron chi connectivity index (χ2n) is 7.80. The van der Waals surface area contributed by atoms with E-state index >= 15 is 0 Å². The number of likely N-dealkylation sites (tertiary alicyclic amines) is 1. The standard InChI is InChI=1S/C20H27N3O2/c1-20(2,3)23-14-16(13-21-23)19(25)22-11-7-10-17(22)12-18(24)15-8-5-4-6-9-15/h4-6,8-9,13-14,17-18,24H,7,10-12H2,1-3H3/t17-,18-/m1/s1. The summed E-state index contributed by atoms with van der Waals surface area (Å²) < 4.78 is 1.82. The Balaban J connectivity index is 1.71. The molecule has 5 heteroatoms. The summed E-state index contributed by atoms with van der Waals surface area (Å²) in [5, 5.41) is 14.8. The maximum Gasteiger partial charge on any atom is 0.257 e. The lowest BCUT2D eigenvalue weighted by Gasteiger charge is -2.26. The summed E-state index contributed by atoms with van der Waals surface area (Å²) in [6.45, 7) is 6.92. The highest BCUT2D eigenvalue weighted by molar-refractivity contribution is 5.94. The van der Waals surface area contributed by atoms with Crippen LogP contribution >= 0.6 is 0 Å². The number of aromatic nitrogens is 2. The monoisotopic (exact) mass is 341 g/mol. The normalized spacial score (nSPS) is 19.2. The highest BCUT2D eigenvalue weighted by atomic mass is 16.3. The maximum atomic E-state index is 12.9. The molecular formula is C20H27N3O2. The van der Waals surface area contributed by atoms with Crippen LogP contribution in [0.5, 0.6) is 0 Å². The van der Waals surface area contributed by atoms with Crippen LogP contribution in [0.1, 0.15) is 62.1 Å². The number of benzene rings is 1. The smallest absolute Gasteiger partial charge is 0.257 e. The largest absolute Gasteiger partial charge is 0.388 e. The first-order valence-corrected chi connectivity index (χ1v) is 8.95. The zero-order valence-electron chi connectivity index (χ0n) is 15.2. The van der Waals surface area contributed by atoms with Crippen LogP contribution in [0, 0.1) is 0 Å². The van der Waals surface area contributed by atoms with Gasteiger partial charge in [0.2, 0.25) is 0 Å². The fourth-order valence-corrected chi connectivity index (χ4v) is 3.38. The van der Waals surface area contributed by atoms with Crippen LogP contribution in [0.25, 0.3) is 0 Å². The predicted molar refractivity (Wildman–Crippen MR) is 97.3 cm³/mol. The minimum Gasteiger partial charge on any atom is -0.388 e. The summed E-state index contributed by atoms with van der Waals surface area (Å²) in [6, 6.07) is 9.72. The second kappa shape index (κ2) is 7.00. The molecule has 2 atom stereocenters. The van der Waals surface area contributed by atoms with Crippen LogP contribution in [0.3, 0.4) is 0 Å². The first kappa shape index (κ1) is 17.7. The molecular weight excluding hydrogens is 314 g/mol. The number of hydrogen-bond donors (Lipinski definition) is 1. The number of carbonyl (C=O) groups is 1. The lowest BCUT2D eigenvalue weighted by atomic mass is 10.0. The Morgan fingerprint density at radius 3 is 2.68 bits per heavy atom. The Morgan fingerprint density at radius 2 is 2.04 bits per heavy atom. The molecule has 25 heavy (non-hydrogen) atoms. The number of nitrogens with zero attached hydrogens (tertiary/aromatic N) is 3. The number of amides is 1. The summed E-state index contributed by atoms with van der Waals surface area (Å²) in [5.41, 5.74) is 1.38. The van der Waals surface area contributed by atoms with Gasteiger partial charge in [0.25, 0.3) is 5.91 Å². The zero-order chi connectivity index (χ0) is 18.0. The molecule has 0 bridgehead atoms. The van der Waals surface area contributed by atoms with Gasteiger partial charge in [-0.05, 0) is 45.6 Å². The predicted octanol–water partition coefficient (Wildman–Crippen LogP) is 3.37. The van der Waals surface area contributed by atoms with Crippen LogP contribution in [0.2, 0.25) is 0 Å². The Morgan fingerprint density at radius 1 is 1.32 bits per heavy atom. The van der Waals surface area contributed by atoms with Crippen molar-refractivity contribution in [1.82, 2.24) is 14.7 Å². The topological polar surface area (TPSA) is 58.4 Å². The highest BCUT2D eigenvalue weighted by Crippen LogP contribution is 2.28. The summed E-state index contributed by atoms with van der Waals surface area (Å²) in [6.07, 6.45) is 5.41. The quantitative estimate of drug-likeness (QED) is 0.927. The van der Waals surface area contributed by atoms with Gasteiger partial charge in [-0.1, -0.05) is 30.3 Å². The second-order valence-corrected chi connectivity index (χ2v) is 7.80. The number of carbonyl (C=O) groups excluding carboxylic acids is 1. The Hall–Kier alpha value is -2.14. The first-order valence-electron chi connectivity index (χ1n) is 8.95. The van der Waals surface area contributed by atoms with E-state index in [0.717, 1.165) is 24.9 Å². The van der Waals surface area contributed by atoms with Crippen molar-refractivity contribution in [1.29, 1.82) is 0 Å². The van der Waals surface area contributed by atoms with Crippen LogP contribution in [-0.4, -0.2) is 38.3 Å². The number of aliphatic hydroxyl groups excluding tert-OH is 1. The molecule has 0 spiro atoms. The molecule has 1 N–H and O–H groups in total. The minimum atomic E-state index is -0.545. The van der Waals surface area contributed by atoms with E-state index in [1.54, 1.807) is 6.20 Å². The fraction of sp³-hybridized carbons (Fsp3) is 0.500. The van der Waals surface area contributed by atoms with Crippen molar-refractivity contribution >= 4 is 5.91 Å². The molecule has 0 saturated carbocycles. The molecule has 0 radical (unpaired) electrons. The van der Waals surface area contributed by atoms with Gasteiger partial charge in [-0.3, -0.25) is 9.48 Å². The van der Waals surface area contributed by atoms with Gasteiger partial charge in [-0.25, -0.2) is 0 Å². The van der Waals surface area contributed by atoms with Gasteiger partial charge in [-0.15, -0.1) is 0 Å². The van der Waals surface area contributed by atoms with E-state index in [-0.39, 0.29) is 17.5 Å². The van der Waals surface area contributed by atoms with Gasteiger partial charge in [0.05, 0.1) is 23.4 Å². The molecule has 2 aromatic rings. The molecule has 2 heterocycles. The van der Waals surface area contributed by atoms with Crippen LogP contribution in [0.15, 0.2) is 42.7 Å². The molecule has 1 amide bonds. The maximum absolute atomic E-state index is 12.9. The average molecular weight is 341 g/mol. The summed E-state index contributed by atoms with van der Waals surface area (Å²) >= 11 is 0. The molecule has 5 nitrogen and oxygen atoms in total. The summed E-state index contributed by atoms with van der Waals surface area (Å²) in [5.74, 6) is 0.0123. The van der Waals surface area contributed by atoms with Crippen molar-refractivity contribution in [2.45, 2.75) is 57.7 Å². The van der Waals surface area contributed by atoms with Gasteiger partial charge in [-0.2, -0.15) is 5.10 Å². The van der Waals surface area contributed by atoms with Crippen molar-refractivity contribution in [2.24, 2.45) is 0 Å². The number of aliphatic hydroxyl groups is 1. The Labute approximate surface area is 149 Å². The molecule has 0 unspecified atom stereocenters. The van der Waals surface area contributed by atoms with E-state index in [4.69, 9.17) is 0 Å². The molecule has 1 aromatic heterocycles. The van der Waals surface area contributed by atoms with Crippen LogP contribution < -0.4 is 0 Å². The van der Waals surface area contributed by atoms with Crippen molar-refractivity contribution < 1.29 is 9.90 Å². The van der Waals surface area contributed by atoms with Gasteiger partial charge in [0.1, 0.15) is 0 Å². The van der Waals surface area contributed by atoms with Crippen molar-refractivity contribution in [3.05, 3.63) is 53.9 Å². The zero-order valence-corrected chi connectivity index (χ0v) is 15.2. The molecule has 1 saturated heterocycles. The summed E-state index contributed by atoms with van der Waals surface area (Å²) in [7, 11) is 0. The Bertz CT molecular complexity index is 718. The third kappa shape index (κ3) is 3.93. The van der Waals surface area contributed by atoms with Crippen molar-refractivity contribution in [3.8, 4) is 0 Å². The lowest BCUT2D eigenvalue weighted by molar-refractivity contribution is 0.0667. The van der Waals surface area contributed by atoms with Crippen molar-refractivity contribution in [2.75, 3.05) is 6.54 Å². The van der Waals surface area contributed by atoms with Crippen molar-refractivity contribution in [3.63, 3.8) is 0 Å². The number of rotatable bonds is 4. The van der Waals surface area contributed by atoms with Gasteiger partial charge in [0, 0.05) is 18.8 Å². The molecule has 1 aliphatic heterocycles. The Kier molecular flexibility index (Phi) is 4.95. The van der Waals surface area contributed by atoms with Gasteiger partial charge < -0.3 is 10.0 Å². The van der Waals surface area contributed by atoms with Gasteiger partial charge in [0.15, 0.2) is 0 Å². The first-order chi connectivity index (χ1) is 11.9. The van der Waals surface area contributed by atoms with E-state index in [1.807, 2.05) is 46.1 Å². The number of hydrogen-bond acceptors (Lipinski definition) is 3. The van der Waals surface area contributed by atoms with Crippen LogP contribution in [0.4, 0.5) is 0 Å². The molecule has 1 aromatic carbocycles. The average Bonchev–Trinajstić information content (AvgIpc) is 3.24. The molecule has 1 fully saturated rings. The van der Waals surface area contributed by atoms with E-state index in [1.165, 1.54) is 0 Å². The summed E-state index contributed by atoms with van der Waals surface area (Å²) in [4.78, 5) is 14.8. The minimum absolute atomic E-state index is 0.0123. The van der Waals surface area contributed by atoms with E-state index in [9.17, 15) is 9.90 Å². The van der Waals surface area contributed by atoms with E-state index in [2.05, 4.69) is 25.9 Å². The molecule has 1 aliphatic rings. The fourth-order valence-electron chi connectivity index (χ4n) is 3.38. The van der Waals surface area contributed by atoms with E-state index < -0.39 is 6.10 Å². The van der Waals surface area contributed by atoms with Gasteiger partial charge >= 0.3 is 0 Å². The lowest BCUT2D eigenvalue weighted by Crippen LogP contribution is -2.36. The van der Waals surface area contributed by atoms with E-state index in [0.29, 0.717) is 12.0 Å². The molecule has 0 aliphatic carbocycles. The third-order valence-electron chi connectivity index (χ3n) is 4.83. The highest BCUT2D eigenvalue weighted by Gasteiger charge is 2.32. The third-order valence-corrected chi connectivity index (χ3v) is 4.83. The SMILES string of the molecule is CC(C)(C)n1cc(C(=O)N2CCC[C@@H]2C[C@@H](O)c2ccccc2)cn1. The molecule has 3 rings (SSSR count). The molecule has 134 valence electrons.